The molecule has 1 fully saturated rings. The fourth-order valence-corrected chi connectivity index (χ4v) is 3.32. The van der Waals surface area contributed by atoms with Gasteiger partial charge in [0.25, 0.3) is 0 Å². The Morgan fingerprint density at radius 1 is 1.16 bits per heavy atom. The summed E-state index contributed by atoms with van der Waals surface area (Å²) in [6.45, 7) is 4.13. The highest BCUT2D eigenvalue weighted by molar-refractivity contribution is 5.78. The van der Waals surface area contributed by atoms with E-state index >= 15 is 0 Å². The third kappa shape index (κ3) is 4.57. The maximum atomic E-state index is 12.6. The molecule has 0 saturated carbocycles. The Labute approximate surface area is 150 Å². The fourth-order valence-electron chi connectivity index (χ4n) is 3.32. The van der Waals surface area contributed by atoms with Gasteiger partial charge in [0.15, 0.2) is 11.5 Å². The molecule has 1 aliphatic heterocycles. The van der Waals surface area contributed by atoms with Gasteiger partial charge in [0.05, 0.1) is 27.9 Å². The van der Waals surface area contributed by atoms with Crippen molar-refractivity contribution in [3.05, 3.63) is 17.7 Å². The number of piperidine rings is 1. The van der Waals surface area contributed by atoms with Gasteiger partial charge in [0, 0.05) is 25.2 Å². The third-order valence-corrected chi connectivity index (χ3v) is 4.90. The molecule has 0 spiro atoms. The second-order valence-electron chi connectivity index (χ2n) is 6.56. The summed E-state index contributed by atoms with van der Waals surface area (Å²) in [6, 6.07) is 4.22. The van der Waals surface area contributed by atoms with E-state index in [1.807, 2.05) is 19.2 Å². The van der Waals surface area contributed by atoms with Crippen molar-refractivity contribution in [2.45, 2.75) is 38.8 Å². The predicted molar refractivity (Wildman–Crippen MR) is 97.5 cm³/mol. The van der Waals surface area contributed by atoms with Crippen LogP contribution in [0.5, 0.6) is 17.2 Å². The van der Waals surface area contributed by atoms with Crippen molar-refractivity contribution in [2.24, 2.45) is 0 Å². The van der Waals surface area contributed by atoms with E-state index < -0.39 is 0 Å². The number of methoxy groups -OCH3 is 3. The maximum Gasteiger partial charge on any atom is 0.236 e. The van der Waals surface area contributed by atoms with Crippen LogP contribution in [0.4, 0.5) is 0 Å². The quantitative estimate of drug-likeness (QED) is 0.756. The molecule has 1 heterocycles. The van der Waals surface area contributed by atoms with E-state index in [1.165, 1.54) is 19.3 Å². The van der Waals surface area contributed by atoms with Crippen molar-refractivity contribution in [3.63, 3.8) is 0 Å². The second-order valence-corrected chi connectivity index (χ2v) is 6.56. The monoisotopic (exact) mass is 350 g/mol. The minimum atomic E-state index is 0.116. The summed E-state index contributed by atoms with van der Waals surface area (Å²) in [5, 5.41) is 0. The number of benzene rings is 1. The molecule has 0 aromatic heterocycles. The second kappa shape index (κ2) is 8.94. The topological polar surface area (TPSA) is 51.2 Å². The Bertz CT molecular complexity index is 591. The molecule has 0 bridgehead atoms. The highest BCUT2D eigenvalue weighted by atomic mass is 16.5. The lowest BCUT2D eigenvalue weighted by atomic mass is 10.0. The van der Waals surface area contributed by atoms with Crippen molar-refractivity contribution in [1.29, 1.82) is 0 Å². The minimum absolute atomic E-state index is 0.116. The zero-order valence-electron chi connectivity index (χ0n) is 16.0. The summed E-state index contributed by atoms with van der Waals surface area (Å²) in [5.41, 5.74) is 0.891. The number of ether oxygens (including phenoxy) is 3. The van der Waals surface area contributed by atoms with Gasteiger partial charge in [0.2, 0.25) is 11.7 Å². The van der Waals surface area contributed by atoms with Gasteiger partial charge in [0.1, 0.15) is 0 Å². The van der Waals surface area contributed by atoms with Crippen molar-refractivity contribution in [2.75, 3.05) is 41.5 Å². The van der Waals surface area contributed by atoms with Gasteiger partial charge in [-0.1, -0.05) is 6.42 Å². The van der Waals surface area contributed by atoms with Crippen LogP contribution in [-0.2, 0) is 11.3 Å². The van der Waals surface area contributed by atoms with Crippen LogP contribution in [0.15, 0.2) is 12.1 Å². The first kappa shape index (κ1) is 19.4. The summed E-state index contributed by atoms with van der Waals surface area (Å²) in [7, 11) is 6.59. The number of carbonyl (C=O) groups excluding carboxylic acids is 1. The number of amides is 1. The maximum absolute atomic E-state index is 12.6. The summed E-state index contributed by atoms with van der Waals surface area (Å²) in [6.07, 6.45) is 3.59. The molecule has 140 valence electrons. The van der Waals surface area contributed by atoms with Crippen LogP contribution >= 0.6 is 0 Å². The molecule has 6 nitrogen and oxygen atoms in total. The first-order chi connectivity index (χ1) is 12.0. The van der Waals surface area contributed by atoms with Crippen LogP contribution in [0.3, 0.4) is 0 Å². The van der Waals surface area contributed by atoms with Crippen molar-refractivity contribution in [1.82, 2.24) is 9.80 Å². The Balaban J connectivity index is 2.08. The highest BCUT2D eigenvalue weighted by Gasteiger charge is 2.23. The van der Waals surface area contributed by atoms with Crippen LogP contribution in [0.1, 0.15) is 31.7 Å². The van der Waals surface area contributed by atoms with Crippen molar-refractivity contribution in [3.8, 4) is 17.2 Å². The lowest BCUT2D eigenvalue weighted by Gasteiger charge is -2.33. The molecule has 1 aliphatic rings. The number of nitrogens with zero attached hydrogens (tertiary/aromatic N) is 2. The molecule has 2 rings (SSSR count). The molecule has 1 aromatic carbocycles. The normalized spacial score (nSPS) is 17.9. The molecule has 25 heavy (non-hydrogen) atoms. The number of hydrogen-bond donors (Lipinski definition) is 0. The van der Waals surface area contributed by atoms with Crippen LogP contribution in [0.2, 0.25) is 0 Å². The Morgan fingerprint density at radius 3 is 2.48 bits per heavy atom. The van der Waals surface area contributed by atoms with Gasteiger partial charge >= 0.3 is 0 Å². The molecule has 0 N–H and O–H groups in total. The zero-order chi connectivity index (χ0) is 18.4. The lowest BCUT2D eigenvalue weighted by molar-refractivity contribution is -0.132. The molecule has 1 atom stereocenters. The standard InChI is InChI=1S/C19H30N2O4/c1-14-8-6-7-11-21(14)13-17(22)20(2)12-15-9-10-16(23-3)19(25-5)18(15)24-4/h9-10,14H,6-8,11-13H2,1-5H3/t14-/m0/s1. The molecule has 1 aromatic rings. The van der Waals surface area contributed by atoms with Gasteiger partial charge in [-0.3, -0.25) is 9.69 Å². The average Bonchev–Trinajstić information content (AvgIpc) is 2.62. The molecule has 0 aliphatic carbocycles. The van der Waals surface area contributed by atoms with Crippen molar-refractivity contribution >= 4 is 5.91 Å². The fraction of sp³-hybridized carbons (Fsp3) is 0.632. The van der Waals surface area contributed by atoms with Gasteiger partial charge in [-0.05, 0) is 38.4 Å². The van der Waals surface area contributed by atoms with E-state index in [9.17, 15) is 4.79 Å². The summed E-state index contributed by atoms with van der Waals surface area (Å²) in [4.78, 5) is 16.6. The predicted octanol–water partition coefficient (Wildman–Crippen LogP) is 2.55. The van der Waals surface area contributed by atoms with Crippen LogP contribution in [-0.4, -0.2) is 63.2 Å². The van der Waals surface area contributed by atoms with Gasteiger partial charge in [-0.2, -0.15) is 0 Å². The molecule has 1 saturated heterocycles. The van der Waals surface area contributed by atoms with E-state index in [-0.39, 0.29) is 5.91 Å². The minimum Gasteiger partial charge on any atom is -0.493 e. The Morgan fingerprint density at radius 2 is 1.88 bits per heavy atom. The summed E-state index contributed by atoms with van der Waals surface area (Å²) in [5.74, 6) is 1.88. The van der Waals surface area contributed by atoms with Gasteiger partial charge in [-0.25, -0.2) is 0 Å². The third-order valence-electron chi connectivity index (χ3n) is 4.90. The number of likely N-dealkylation sites (N-methyl/N-ethyl adjacent to an activating group) is 1. The van der Waals surface area contributed by atoms with E-state index in [4.69, 9.17) is 14.2 Å². The number of hydrogen-bond acceptors (Lipinski definition) is 5. The zero-order valence-corrected chi connectivity index (χ0v) is 16.0. The Kier molecular flexibility index (Phi) is 6.93. The molecule has 6 heteroatoms. The number of carbonyl (C=O) groups is 1. The van der Waals surface area contributed by atoms with E-state index in [1.54, 1.807) is 26.2 Å². The molecule has 1 amide bonds. The first-order valence-corrected chi connectivity index (χ1v) is 8.77. The van der Waals surface area contributed by atoms with E-state index in [2.05, 4.69) is 11.8 Å². The number of likely N-dealkylation sites (tertiary alicyclic amines) is 1. The largest absolute Gasteiger partial charge is 0.493 e. The molecular formula is C19H30N2O4. The lowest BCUT2D eigenvalue weighted by Crippen LogP contribution is -2.44. The Hall–Kier alpha value is -1.95. The summed E-state index contributed by atoms with van der Waals surface area (Å²) >= 11 is 0. The molecular weight excluding hydrogens is 320 g/mol. The van der Waals surface area contributed by atoms with Crippen molar-refractivity contribution < 1.29 is 19.0 Å². The van der Waals surface area contributed by atoms with E-state index in [0.29, 0.717) is 36.4 Å². The van der Waals surface area contributed by atoms with Crippen LogP contribution < -0.4 is 14.2 Å². The van der Waals surface area contributed by atoms with Crippen LogP contribution in [0.25, 0.3) is 0 Å². The SMILES string of the molecule is COc1ccc(CN(C)C(=O)CN2CCCC[C@@H]2C)c(OC)c1OC. The van der Waals surface area contributed by atoms with Gasteiger partial charge < -0.3 is 19.1 Å². The average molecular weight is 350 g/mol. The van der Waals surface area contributed by atoms with Crippen LogP contribution in [0, 0.1) is 0 Å². The molecule has 0 radical (unpaired) electrons. The number of rotatable bonds is 7. The van der Waals surface area contributed by atoms with Gasteiger partial charge in [-0.15, -0.1) is 0 Å². The highest BCUT2D eigenvalue weighted by Crippen LogP contribution is 2.40. The van der Waals surface area contributed by atoms with E-state index in [0.717, 1.165) is 12.1 Å². The molecule has 0 unspecified atom stereocenters. The summed E-state index contributed by atoms with van der Waals surface area (Å²) < 4.78 is 16.2. The smallest absolute Gasteiger partial charge is 0.236 e. The first-order valence-electron chi connectivity index (χ1n) is 8.77.